The van der Waals surface area contributed by atoms with Crippen LogP contribution in [0, 0.1) is 0 Å². The molecule has 0 aliphatic heterocycles. The van der Waals surface area contributed by atoms with Gasteiger partial charge >= 0.3 is 5.97 Å². The van der Waals surface area contributed by atoms with E-state index in [0.29, 0.717) is 6.61 Å². The highest BCUT2D eigenvalue weighted by molar-refractivity contribution is 9.10. The first-order valence-electron chi connectivity index (χ1n) is 8.68. The topological polar surface area (TPSA) is 26.3 Å². The predicted octanol–water partition coefficient (Wildman–Crippen LogP) is 6.66. The number of alkyl halides is 1. The summed E-state index contributed by atoms with van der Waals surface area (Å²) in [5.41, 5.74) is 0. The monoisotopic (exact) mass is 412 g/mol. The Labute approximate surface area is 151 Å². The van der Waals surface area contributed by atoms with Crippen molar-refractivity contribution in [2.75, 3.05) is 6.61 Å². The summed E-state index contributed by atoms with van der Waals surface area (Å²) in [6.45, 7) is 8.62. The van der Waals surface area contributed by atoms with E-state index in [1.54, 1.807) is 0 Å². The van der Waals surface area contributed by atoms with Gasteiger partial charge < -0.3 is 4.74 Å². The summed E-state index contributed by atoms with van der Waals surface area (Å²) in [4.78, 5) is 11.5. The average Bonchev–Trinajstić information content (AvgIpc) is 2.37. The van der Waals surface area contributed by atoms with E-state index in [-0.39, 0.29) is 5.97 Å². The van der Waals surface area contributed by atoms with Crippen LogP contribution in [0.1, 0.15) is 71.6 Å². The minimum absolute atomic E-state index is 0.171. The molecule has 0 N–H and O–H groups in total. The van der Waals surface area contributed by atoms with Crippen molar-refractivity contribution in [1.29, 1.82) is 0 Å². The molecule has 0 radical (unpaired) electrons. The molecule has 0 rings (SSSR count). The largest absolute Gasteiger partial charge is 0.465 e. The van der Waals surface area contributed by atoms with Crippen LogP contribution in [0.15, 0.2) is 0 Å². The summed E-state index contributed by atoms with van der Waals surface area (Å²) in [5, 5.41) is 0. The highest BCUT2D eigenvalue weighted by atomic mass is 79.9. The fourth-order valence-corrected chi connectivity index (χ4v) is 3.83. The number of halogens is 2. The number of hydrogen-bond acceptors (Lipinski definition) is 2. The highest BCUT2D eigenvalue weighted by Crippen LogP contribution is 2.20. The Bertz CT molecular complexity index is 298. The normalized spacial score (nSPS) is 12.5. The third-order valence-corrected chi connectivity index (χ3v) is 6.07. The quantitative estimate of drug-likeness (QED) is 0.111. The van der Waals surface area contributed by atoms with Crippen LogP contribution in [0.5, 0.6) is 0 Å². The highest BCUT2D eigenvalue weighted by Gasteiger charge is 2.24. The van der Waals surface area contributed by atoms with Gasteiger partial charge in [-0.3, -0.25) is 4.79 Å². The Morgan fingerprint density at radius 2 is 1.36 bits per heavy atom. The van der Waals surface area contributed by atoms with Gasteiger partial charge in [0.2, 0.25) is 0 Å². The zero-order valence-electron chi connectivity index (χ0n) is 14.9. The van der Waals surface area contributed by atoms with Gasteiger partial charge in [0.25, 0.3) is 0 Å². The summed E-state index contributed by atoms with van der Waals surface area (Å²) in [5.74, 6) is -0.171. The summed E-state index contributed by atoms with van der Waals surface area (Å²) in [6, 6.07) is 1.25. The second-order valence-electron chi connectivity index (χ2n) is 7.26. The number of carbonyl (C=O) groups excluding carboxylic acids is 1. The van der Waals surface area contributed by atoms with E-state index in [1.807, 2.05) is 13.8 Å². The van der Waals surface area contributed by atoms with Crippen LogP contribution in [-0.2, 0) is 9.53 Å². The number of esters is 1. The lowest BCUT2D eigenvalue weighted by molar-refractivity contribution is -0.145. The van der Waals surface area contributed by atoms with Crippen molar-refractivity contribution in [3.63, 3.8) is 0 Å². The molecule has 0 bridgehead atoms. The molecule has 0 aromatic carbocycles. The van der Waals surface area contributed by atoms with E-state index >= 15 is 0 Å². The van der Waals surface area contributed by atoms with Crippen molar-refractivity contribution in [1.82, 2.24) is 0 Å². The predicted molar refractivity (Wildman–Crippen MR) is 104 cm³/mol. The van der Waals surface area contributed by atoms with Crippen LogP contribution in [0.2, 0.25) is 19.1 Å². The molecular weight excluding hydrogens is 380 g/mol. The lowest BCUT2D eigenvalue weighted by atomic mass is 10.1. The van der Waals surface area contributed by atoms with Crippen LogP contribution in [0.3, 0.4) is 0 Å². The van der Waals surface area contributed by atoms with Crippen molar-refractivity contribution in [3.8, 4) is 0 Å². The van der Waals surface area contributed by atoms with E-state index in [2.05, 4.69) is 29.0 Å². The van der Waals surface area contributed by atoms with Gasteiger partial charge in [0.05, 0.1) is 6.61 Å². The van der Waals surface area contributed by atoms with Gasteiger partial charge in [0, 0.05) is 0 Å². The van der Waals surface area contributed by atoms with Gasteiger partial charge in [-0.2, -0.15) is 11.1 Å². The van der Waals surface area contributed by atoms with Crippen LogP contribution >= 0.6 is 27.0 Å². The number of carbonyl (C=O) groups is 1. The number of hydrogen-bond donors (Lipinski definition) is 0. The van der Waals surface area contributed by atoms with E-state index in [4.69, 9.17) is 15.8 Å². The lowest BCUT2D eigenvalue weighted by Gasteiger charge is -2.14. The molecule has 0 saturated heterocycles. The first-order chi connectivity index (χ1) is 10.1. The Kier molecular flexibility index (Phi) is 12.2. The van der Waals surface area contributed by atoms with Gasteiger partial charge in [-0.1, -0.05) is 80.4 Å². The fourth-order valence-electron chi connectivity index (χ4n) is 2.22. The Balaban J connectivity index is 3.23. The number of ether oxygens (including phenoxy) is 1. The summed E-state index contributed by atoms with van der Waals surface area (Å²) >= 11 is 9.61. The van der Waals surface area contributed by atoms with Crippen LogP contribution in [0.25, 0.3) is 0 Å². The van der Waals surface area contributed by atoms with Crippen molar-refractivity contribution in [2.24, 2.45) is 0 Å². The van der Waals surface area contributed by atoms with Crippen molar-refractivity contribution < 1.29 is 9.53 Å². The third-order valence-electron chi connectivity index (χ3n) is 3.63. The minimum Gasteiger partial charge on any atom is -0.465 e. The van der Waals surface area contributed by atoms with E-state index in [9.17, 15) is 4.79 Å². The van der Waals surface area contributed by atoms with E-state index in [1.165, 1.54) is 51.0 Å². The first kappa shape index (κ1) is 22.5. The van der Waals surface area contributed by atoms with Gasteiger partial charge in [-0.25, -0.2) is 0 Å². The standard InChI is InChI=1S/C17H34BrClO2Si/c1-17(2,18)16(20)21-14-12-10-8-6-5-7-9-11-13-15-22(3,4)19/h5-15H2,1-4H3. The summed E-state index contributed by atoms with van der Waals surface area (Å²) < 4.78 is 4.65. The second kappa shape index (κ2) is 11.9. The lowest BCUT2D eigenvalue weighted by Crippen LogP contribution is -2.26. The Hall–Kier alpha value is 0.457. The molecule has 0 fully saturated rings. The summed E-state index contributed by atoms with van der Waals surface area (Å²) in [6.07, 6.45) is 11.3. The van der Waals surface area contributed by atoms with Gasteiger partial charge in [0.15, 0.2) is 0 Å². The van der Waals surface area contributed by atoms with Crippen LogP contribution in [-0.4, -0.2) is 24.3 Å². The van der Waals surface area contributed by atoms with Gasteiger partial charge in [-0.05, 0) is 26.3 Å². The van der Waals surface area contributed by atoms with Gasteiger partial charge in [-0.15, -0.1) is 0 Å². The van der Waals surface area contributed by atoms with Crippen molar-refractivity contribution >= 4 is 40.4 Å². The SMILES string of the molecule is CC(C)(Br)C(=O)OCCCCCCCCCCC[Si](C)(C)Cl. The second-order valence-corrected chi connectivity index (χ2v) is 16.2. The van der Waals surface area contributed by atoms with Crippen LogP contribution < -0.4 is 0 Å². The Morgan fingerprint density at radius 3 is 1.77 bits per heavy atom. The summed E-state index contributed by atoms with van der Waals surface area (Å²) in [7, 11) is -1.34. The molecule has 132 valence electrons. The molecule has 0 unspecified atom stereocenters. The van der Waals surface area contributed by atoms with Crippen molar-refractivity contribution in [3.05, 3.63) is 0 Å². The van der Waals surface area contributed by atoms with E-state index < -0.39 is 11.7 Å². The number of rotatable bonds is 13. The molecule has 0 atom stereocenters. The fraction of sp³-hybridized carbons (Fsp3) is 0.941. The van der Waals surface area contributed by atoms with E-state index in [0.717, 1.165) is 12.8 Å². The third kappa shape index (κ3) is 15.4. The zero-order valence-corrected chi connectivity index (χ0v) is 18.2. The Morgan fingerprint density at radius 1 is 0.955 bits per heavy atom. The molecule has 0 heterocycles. The molecule has 0 spiro atoms. The maximum Gasteiger partial charge on any atom is 0.322 e. The molecule has 0 aromatic rings. The first-order valence-corrected chi connectivity index (χ1v) is 13.7. The van der Waals surface area contributed by atoms with Crippen molar-refractivity contribution in [2.45, 2.75) is 95.1 Å². The molecule has 2 nitrogen and oxygen atoms in total. The molecule has 0 amide bonds. The zero-order chi connectivity index (χ0) is 17.1. The smallest absolute Gasteiger partial charge is 0.322 e. The number of unbranched alkanes of at least 4 members (excludes halogenated alkanes) is 8. The van der Waals surface area contributed by atoms with Gasteiger partial charge in [0.1, 0.15) is 11.7 Å². The minimum atomic E-state index is -1.34. The molecule has 0 aliphatic carbocycles. The average molecular weight is 414 g/mol. The molecular formula is C17H34BrClO2Si. The maximum atomic E-state index is 11.5. The molecule has 0 saturated carbocycles. The molecule has 5 heteroatoms. The molecule has 0 aromatic heterocycles. The molecule has 22 heavy (non-hydrogen) atoms. The maximum absolute atomic E-state index is 11.5. The van der Waals surface area contributed by atoms with Crippen LogP contribution in [0.4, 0.5) is 0 Å². The molecule has 0 aliphatic rings.